The van der Waals surface area contributed by atoms with Gasteiger partial charge in [0.2, 0.25) is 0 Å². The van der Waals surface area contributed by atoms with Crippen LogP contribution in [-0.4, -0.2) is 52.1 Å². The van der Waals surface area contributed by atoms with Crippen LogP contribution >= 0.6 is 0 Å². The van der Waals surface area contributed by atoms with E-state index in [4.69, 9.17) is 13.3 Å². The summed E-state index contributed by atoms with van der Waals surface area (Å²) in [5.74, 6) is -0.800. The van der Waals surface area contributed by atoms with Crippen LogP contribution in [0.4, 0.5) is 0 Å². The molecular weight excluding hydrogens is 396 g/mol. The number of aryl methyl sites for hydroxylation is 2. The van der Waals surface area contributed by atoms with Crippen LogP contribution in [0.3, 0.4) is 0 Å². The minimum Gasteiger partial charge on any atom is -0.490 e. The van der Waals surface area contributed by atoms with Gasteiger partial charge in [-0.15, -0.1) is 0 Å². The van der Waals surface area contributed by atoms with Gasteiger partial charge in [0.05, 0.1) is 0 Å². The molecule has 9 heteroatoms. The van der Waals surface area contributed by atoms with Gasteiger partial charge in [-0.25, -0.2) is 0 Å². The number of benzene rings is 2. The molecule has 0 atom stereocenters. The van der Waals surface area contributed by atoms with Crippen molar-refractivity contribution in [2.45, 2.75) is 26.7 Å². The first-order chi connectivity index (χ1) is 13.4. The fourth-order valence-corrected chi connectivity index (χ4v) is 5.67. The molecule has 2 aromatic rings. The molecule has 0 amide bonds. The van der Waals surface area contributed by atoms with E-state index in [1.54, 1.807) is 21.3 Å². The second kappa shape index (κ2) is 9.94. The highest BCUT2D eigenvalue weighted by atomic mass is 28.4. The average molecular weight is 423 g/mol. The van der Waals surface area contributed by atoms with Crippen molar-refractivity contribution in [1.82, 2.24) is 0 Å². The lowest BCUT2D eigenvalue weighted by atomic mass is 10.1. The van der Waals surface area contributed by atoms with E-state index < -0.39 is 30.7 Å². The van der Waals surface area contributed by atoms with Crippen LogP contribution in [0.5, 0.6) is 0 Å². The maximum atomic E-state index is 10.0. The van der Waals surface area contributed by atoms with E-state index in [-0.39, 0.29) is 0 Å². The molecule has 0 aliphatic heterocycles. The Morgan fingerprint density at radius 1 is 0.857 bits per heavy atom. The topological polar surface area (TPSA) is 80.3 Å². The third-order valence-electron chi connectivity index (χ3n) is 4.54. The fraction of sp³-hybridized carbons (Fsp3) is 0.368. The van der Waals surface area contributed by atoms with Gasteiger partial charge in [-0.05, 0) is 34.7 Å². The highest BCUT2D eigenvalue weighted by molar-refractivity contribution is 6.77. The number of carbonyl (C=O) groups excluding carboxylic acids is 2. The minimum absolute atomic E-state index is 0.400. The van der Waals surface area contributed by atoms with Crippen LogP contribution in [-0.2, 0) is 44.6 Å². The first-order valence-corrected chi connectivity index (χ1v) is 11.7. The maximum absolute atomic E-state index is 10.0. The van der Waals surface area contributed by atoms with Gasteiger partial charge < -0.3 is 22.1 Å². The van der Waals surface area contributed by atoms with E-state index in [9.17, 15) is 9.59 Å². The number of hydrogen-bond donors (Lipinski definition) is 0. The predicted octanol–water partition coefficient (Wildman–Crippen LogP) is 1.13. The van der Waals surface area contributed by atoms with E-state index in [2.05, 4.69) is 39.2 Å². The second-order valence-electron chi connectivity index (χ2n) is 6.17. The third-order valence-corrected chi connectivity index (χ3v) is 8.29. The summed E-state index contributed by atoms with van der Waals surface area (Å²) in [6.07, 6.45) is 2.25. The lowest BCUT2D eigenvalue weighted by Crippen LogP contribution is -2.54. The molecule has 7 nitrogen and oxygen atoms in total. The highest BCUT2D eigenvalue weighted by Gasteiger charge is 2.42. The molecule has 0 spiro atoms. The quantitative estimate of drug-likeness (QED) is 0.646. The summed E-state index contributed by atoms with van der Waals surface area (Å²) in [4.78, 5) is 20.1. The molecule has 1 aliphatic rings. The van der Waals surface area contributed by atoms with E-state index in [1.807, 2.05) is 0 Å². The predicted molar refractivity (Wildman–Crippen MR) is 110 cm³/mol. The van der Waals surface area contributed by atoms with Crippen LogP contribution in [0, 0.1) is 0 Å². The smallest absolute Gasteiger partial charge is 0.490 e. The van der Waals surface area contributed by atoms with E-state index >= 15 is 0 Å². The van der Waals surface area contributed by atoms with Crippen molar-refractivity contribution in [1.29, 1.82) is 0 Å². The molecule has 0 aromatic heterocycles. The first kappa shape index (κ1) is 22.2. The number of rotatable bonds is 6. The van der Waals surface area contributed by atoms with Crippen molar-refractivity contribution >= 4 is 46.7 Å². The Bertz CT molecular complexity index is 817. The molecule has 3 rings (SSSR count). The van der Waals surface area contributed by atoms with Crippen molar-refractivity contribution in [3.05, 3.63) is 41.5 Å². The summed E-state index contributed by atoms with van der Waals surface area (Å²) in [7, 11) is 0.807. The highest BCUT2D eigenvalue weighted by Crippen LogP contribution is 2.30. The van der Waals surface area contributed by atoms with Gasteiger partial charge in [-0.1, -0.05) is 30.3 Å². The maximum Gasteiger partial charge on any atom is 0.537 e. The van der Waals surface area contributed by atoms with Crippen LogP contribution < -0.4 is 5.19 Å². The SMILES string of the molecule is CC(=O)O[SiH2]OC(C)=O.CO[Si](OC)(OC)c1ccc2c3c(cccc13)CC2. The third kappa shape index (κ3) is 4.86. The van der Waals surface area contributed by atoms with Crippen molar-refractivity contribution in [3.63, 3.8) is 0 Å². The van der Waals surface area contributed by atoms with Crippen LogP contribution in [0.25, 0.3) is 10.8 Å². The Kier molecular flexibility index (Phi) is 7.90. The molecule has 0 heterocycles. The second-order valence-corrected chi connectivity index (χ2v) is 9.86. The molecule has 28 heavy (non-hydrogen) atoms. The molecule has 152 valence electrons. The molecule has 0 unspecified atom stereocenters. The Hall–Kier alpha value is -2.05. The standard InChI is InChI=1S/C15H18O3Si.C4H8O4Si/c1-16-19(17-2,18-3)14-10-9-12-8-7-11-5-4-6-13(14)15(11)12;1-3(5)7-9-8-4(2)6/h4-6,9-10H,7-8H2,1-3H3;9H2,1-2H3. The molecule has 2 aromatic carbocycles. The molecule has 1 aliphatic carbocycles. The summed E-state index contributed by atoms with van der Waals surface area (Å²) in [6, 6.07) is 10.7. The molecule has 0 N–H and O–H groups in total. The van der Waals surface area contributed by atoms with Gasteiger partial charge in [0.1, 0.15) is 0 Å². The van der Waals surface area contributed by atoms with Crippen LogP contribution in [0.1, 0.15) is 25.0 Å². The van der Waals surface area contributed by atoms with E-state index in [0.29, 0.717) is 0 Å². The van der Waals surface area contributed by atoms with E-state index in [1.165, 1.54) is 35.7 Å². The summed E-state index contributed by atoms with van der Waals surface area (Å²) >= 11 is 0. The molecular formula is C19H26O7Si2. The zero-order chi connectivity index (χ0) is 20.7. The van der Waals surface area contributed by atoms with Crippen molar-refractivity contribution < 1.29 is 31.7 Å². The summed E-state index contributed by atoms with van der Waals surface area (Å²) in [5, 5.41) is 3.63. The molecule has 0 saturated carbocycles. The molecule has 0 bridgehead atoms. The van der Waals surface area contributed by atoms with Crippen LogP contribution in [0.15, 0.2) is 30.3 Å². The van der Waals surface area contributed by atoms with E-state index in [0.717, 1.165) is 18.0 Å². The largest absolute Gasteiger partial charge is 0.537 e. The van der Waals surface area contributed by atoms with Gasteiger partial charge in [-0.2, -0.15) is 0 Å². The van der Waals surface area contributed by atoms with Gasteiger partial charge in [0.25, 0.3) is 11.9 Å². The molecule has 0 radical (unpaired) electrons. The minimum atomic E-state index is -2.78. The van der Waals surface area contributed by atoms with Crippen molar-refractivity contribution in [2.75, 3.05) is 21.3 Å². The van der Waals surface area contributed by atoms with Gasteiger partial charge in [-0.3, -0.25) is 9.59 Å². The van der Waals surface area contributed by atoms with Gasteiger partial charge in [0.15, 0.2) is 0 Å². The van der Waals surface area contributed by atoms with Gasteiger partial charge >= 0.3 is 18.8 Å². The molecule has 0 saturated heterocycles. The lowest BCUT2D eigenvalue weighted by molar-refractivity contribution is -0.136. The zero-order valence-electron chi connectivity index (χ0n) is 16.9. The Balaban J connectivity index is 0.000000266. The number of hydrogen-bond acceptors (Lipinski definition) is 7. The monoisotopic (exact) mass is 422 g/mol. The molecule has 0 fully saturated rings. The van der Waals surface area contributed by atoms with Crippen molar-refractivity contribution in [3.8, 4) is 0 Å². The Labute approximate surface area is 168 Å². The zero-order valence-corrected chi connectivity index (χ0v) is 19.3. The van der Waals surface area contributed by atoms with Gasteiger partial charge in [0, 0.05) is 40.4 Å². The average Bonchev–Trinajstić information content (AvgIpc) is 3.10. The first-order valence-electron chi connectivity index (χ1n) is 8.84. The normalized spacial score (nSPS) is 12.3. The van der Waals surface area contributed by atoms with Crippen LogP contribution in [0.2, 0.25) is 0 Å². The fourth-order valence-electron chi connectivity index (χ4n) is 3.29. The van der Waals surface area contributed by atoms with Crippen molar-refractivity contribution in [2.24, 2.45) is 0 Å². The number of carbonyl (C=O) groups is 2. The Morgan fingerprint density at radius 3 is 1.89 bits per heavy atom. The lowest BCUT2D eigenvalue weighted by Gasteiger charge is -2.26. The summed E-state index contributed by atoms with van der Waals surface area (Å²) in [5.41, 5.74) is 2.83. The summed E-state index contributed by atoms with van der Waals surface area (Å²) in [6.45, 7) is 2.55. The Morgan fingerprint density at radius 2 is 1.39 bits per heavy atom. The summed E-state index contributed by atoms with van der Waals surface area (Å²) < 4.78 is 25.7.